The van der Waals surface area contributed by atoms with Crippen LogP contribution in [0.5, 0.6) is 5.75 Å². The Morgan fingerprint density at radius 2 is 1.76 bits per heavy atom. The van der Waals surface area contributed by atoms with E-state index in [0.29, 0.717) is 10.9 Å². The number of nitrogens with one attached hydrogen (secondary N) is 1. The van der Waals surface area contributed by atoms with Crippen molar-refractivity contribution in [3.8, 4) is 5.75 Å². The molecule has 3 rings (SSSR count). The maximum atomic E-state index is 12.8. The van der Waals surface area contributed by atoms with Crippen LogP contribution in [0.3, 0.4) is 0 Å². The zero-order chi connectivity index (χ0) is 14.8. The van der Waals surface area contributed by atoms with Gasteiger partial charge in [0.25, 0.3) is 0 Å². The maximum Gasteiger partial charge on any atom is 0.344 e. The van der Waals surface area contributed by atoms with E-state index in [-0.39, 0.29) is 16.9 Å². The number of rotatable bonds is 2. The summed E-state index contributed by atoms with van der Waals surface area (Å²) in [6.45, 7) is 0. The number of hydrogen-bond donors (Lipinski definition) is 1. The first-order chi connectivity index (χ1) is 10.1. The number of carbonyl (C=O) groups is 1. The highest BCUT2D eigenvalue weighted by atomic mass is 19.1. The fourth-order valence-corrected chi connectivity index (χ4v) is 2.04. The number of H-pyrrole nitrogens is 1. The van der Waals surface area contributed by atoms with Gasteiger partial charge in [0.2, 0.25) is 5.56 Å². The van der Waals surface area contributed by atoms with Gasteiger partial charge in [-0.1, -0.05) is 18.2 Å². The molecule has 1 N–H and O–H groups in total. The zero-order valence-corrected chi connectivity index (χ0v) is 10.8. The van der Waals surface area contributed by atoms with E-state index in [0.717, 1.165) is 0 Å². The number of hydrogen-bond acceptors (Lipinski definition) is 3. The normalized spacial score (nSPS) is 10.5. The van der Waals surface area contributed by atoms with E-state index in [1.54, 1.807) is 24.3 Å². The molecule has 0 fully saturated rings. The standard InChI is InChI=1S/C16H10FNO3/c17-10-5-7-11(8-6-10)21-16(20)13-9-15(19)18-14-4-2-1-3-12(13)14/h1-9H,(H,18,19). The van der Waals surface area contributed by atoms with Crippen molar-refractivity contribution >= 4 is 16.9 Å². The molecule has 0 aliphatic heterocycles. The van der Waals surface area contributed by atoms with E-state index in [2.05, 4.69) is 4.98 Å². The third-order valence-corrected chi connectivity index (χ3v) is 2.99. The lowest BCUT2D eigenvalue weighted by Gasteiger charge is -2.06. The van der Waals surface area contributed by atoms with Gasteiger partial charge in [0, 0.05) is 17.0 Å². The molecule has 0 aliphatic carbocycles. The fourth-order valence-electron chi connectivity index (χ4n) is 2.04. The molecule has 1 heterocycles. The zero-order valence-electron chi connectivity index (χ0n) is 10.8. The van der Waals surface area contributed by atoms with E-state index in [4.69, 9.17) is 4.74 Å². The molecular weight excluding hydrogens is 273 g/mol. The molecule has 0 spiro atoms. The van der Waals surface area contributed by atoms with Crippen molar-refractivity contribution in [3.05, 3.63) is 76.3 Å². The molecule has 0 atom stereocenters. The number of halogens is 1. The van der Waals surface area contributed by atoms with Crippen molar-refractivity contribution in [2.24, 2.45) is 0 Å². The highest BCUT2D eigenvalue weighted by Gasteiger charge is 2.14. The molecule has 2 aromatic carbocycles. The quantitative estimate of drug-likeness (QED) is 0.581. The van der Waals surface area contributed by atoms with Gasteiger partial charge in [-0.15, -0.1) is 0 Å². The van der Waals surface area contributed by atoms with Crippen LogP contribution < -0.4 is 10.3 Å². The van der Waals surface area contributed by atoms with Gasteiger partial charge in [-0.2, -0.15) is 0 Å². The summed E-state index contributed by atoms with van der Waals surface area (Å²) in [6.07, 6.45) is 0. The minimum absolute atomic E-state index is 0.165. The second-order valence-electron chi connectivity index (χ2n) is 4.44. The summed E-state index contributed by atoms with van der Waals surface area (Å²) in [6, 6.07) is 13.2. The number of benzene rings is 2. The first-order valence-electron chi connectivity index (χ1n) is 6.23. The highest BCUT2D eigenvalue weighted by molar-refractivity contribution is 6.03. The van der Waals surface area contributed by atoms with Gasteiger partial charge in [0.05, 0.1) is 5.56 Å². The lowest BCUT2D eigenvalue weighted by atomic mass is 10.1. The van der Waals surface area contributed by atoms with Gasteiger partial charge in [-0.05, 0) is 30.3 Å². The Kier molecular flexibility index (Phi) is 3.23. The summed E-state index contributed by atoms with van der Waals surface area (Å²) in [7, 11) is 0. The van der Waals surface area contributed by atoms with E-state index >= 15 is 0 Å². The molecule has 0 saturated heterocycles. The first-order valence-corrected chi connectivity index (χ1v) is 6.23. The number of para-hydroxylation sites is 1. The monoisotopic (exact) mass is 283 g/mol. The first kappa shape index (κ1) is 13.1. The average Bonchev–Trinajstić information content (AvgIpc) is 2.48. The predicted molar refractivity (Wildman–Crippen MR) is 75.9 cm³/mol. The lowest BCUT2D eigenvalue weighted by Crippen LogP contribution is -2.14. The van der Waals surface area contributed by atoms with Gasteiger partial charge in [-0.25, -0.2) is 9.18 Å². The summed E-state index contributed by atoms with van der Waals surface area (Å²) in [5.74, 6) is -0.869. The molecule has 1 aromatic heterocycles. The van der Waals surface area contributed by atoms with Crippen molar-refractivity contribution in [1.82, 2.24) is 4.98 Å². The van der Waals surface area contributed by atoms with E-state index < -0.39 is 11.8 Å². The van der Waals surface area contributed by atoms with E-state index in [9.17, 15) is 14.0 Å². The van der Waals surface area contributed by atoms with Crippen LogP contribution in [0, 0.1) is 5.82 Å². The fraction of sp³-hybridized carbons (Fsp3) is 0. The van der Waals surface area contributed by atoms with Gasteiger partial charge in [0.15, 0.2) is 0 Å². The van der Waals surface area contributed by atoms with Gasteiger partial charge >= 0.3 is 5.97 Å². The van der Waals surface area contributed by atoms with Crippen molar-refractivity contribution in [1.29, 1.82) is 0 Å². The summed E-state index contributed by atoms with van der Waals surface area (Å²) in [5.41, 5.74) is 0.328. The van der Waals surface area contributed by atoms with Crippen LogP contribution in [0.25, 0.3) is 10.9 Å². The topological polar surface area (TPSA) is 59.2 Å². The molecule has 0 amide bonds. The molecule has 0 saturated carbocycles. The van der Waals surface area contributed by atoms with Crippen molar-refractivity contribution < 1.29 is 13.9 Å². The van der Waals surface area contributed by atoms with Crippen LogP contribution in [0.1, 0.15) is 10.4 Å². The molecule has 21 heavy (non-hydrogen) atoms. The maximum absolute atomic E-state index is 12.8. The van der Waals surface area contributed by atoms with Crippen LogP contribution in [-0.4, -0.2) is 11.0 Å². The molecule has 104 valence electrons. The van der Waals surface area contributed by atoms with Gasteiger partial charge in [0.1, 0.15) is 11.6 Å². The Balaban J connectivity index is 2.01. The Labute approximate surface area is 118 Å². The molecule has 0 aliphatic rings. The lowest BCUT2D eigenvalue weighted by molar-refractivity contribution is 0.0736. The Hall–Kier alpha value is -2.95. The molecule has 0 bridgehead atoms. The molecule has 4 nitrogen and oxygen atoms in total. The number of pyridine rings is 1. The van der Waals surface area contributed by atoms with Crippen LogP contribution in [-0.2, 0) is 0 Å². The number of fused-ring (bicyclic) bond motifs is 1. The van der Waals surface area contributed by atoms with Crippen LogP contribution in [0.15, 0.2) is 59.4 Å². The largest absolute Gasteiger partial charge is 0.423 e. The molecular formula is C16H10FNO3. The number of carbonyl (C=O) groups excluding carboxylic acids is 1. The van der Waals surface area contributed by atoms with Crippen molar-refractivity contribution in [2.45, 2.75) is 0 Å². The summed E-state index contributed by atoms with van der Waals surface area (Å²) >= 11 is 0. The van der Waals surface area contributed by atoms with Crippen molar-refractivity contribution in [3.63, 3.8) is 0 Å². The van der Waals surface area contributed by atoms with Crippen LogP contribution in [0.2, 0.25) is 0 Å². The second-order valence-corrected chi connectivity index (χ2v) is 4.44. The number of ether oxygens (including phenoxy) is 1. The van der Waals surface area contributed by atoms with Crippen molar-refractivity contribution in [2.75, 3.05) is 0 Å². The SMILES string of the molecule is O=C(Oc1ccc(F)cc1)c1cc(=O)[nH]c2ccccc12. The number of esters is 1. The molecule has 5 heteroatoms. The van der Waals surface area contributed by atoms with Crippen LogP contribution >= 0.6 is 0 Å². The van der Waals surface area contributed by atoms with Gasteiger partial charge in [-0.3, -0.25) is 4.79 Å². The van der Waals surface area contributed by atoms with Crippen LogP contribution in [0.4, 0.5) is 4.39 Å². The summed E-state index contributed by atoms with van der Waals surface area (Å²) in [5, 5.41) is 0.587. The Morgan fingerprint density at radius 1 is 1.05 bits per heavy atom. The van der Waals surface area contributed by atoms with E-state index in [1.807, 2.05) is 0 Å². The average molecular weight is 283 g/mol. The molecule has 0 unspecified atom stereocenters. The molecule has 0 radical (unpaired) electrons. The van der Waals surface area contributed by atoms with E-state index in [1.165, 1.54) is 30.3 Å². The third-order valence-electron chi connectivity index (χ3n) is 2.99. The number of aromatic nitrogens is 1. The predicted octanol–water partition coefficient (Wildman–Crippen LogP) is 2.89. The Bertz CT molecular complexity index is 869. The minimum Gasteiger partial charge on any atom is -0.423 e. The summed E-state index contributed by atoms with van der Waals surface area (Å²) in [4.78, 5) is 26.4. The second kappa shape index (κ2) is 5.20. The third kappa shape index (κ3) is 2.67. The Morgan fingerprint density at radius 3 is 2.52 bits per heavy atom. The molecule has 3 aromatic rings. The number of aromatic amines is 1. The smallest absolute Gasteiger partial charge is 0.344 e. The van der Waals surface area contributed by atoms with Gasteiger partial charge < -0.3 is 9.72 Å². The summed E-state index contributed by atoms with van der Waals surface area (Å²) < 4.78 is 18.0. The highest BCUT2D eigenvalue weighted by Crippen LogP contribution is 2.18. The minimum atomic E-state index is -0.663.